The second kappa shape index (κ2) is 4.31. The first-order chi connectivity index (χ1) is 11.4. The number of primary amides is 1. The van der Waals surface area contributed by atoms with Gasteiger partial charge < -0.3 is 26.2 Å². The second-order valence-corrected chi connectivity index (χ2v) is 7.93. The molecule has 1 saturated carbocycles. The van der Waals surface area contributed by atoms with Crippen LogP contribution in [0.3, 0.4) is 0 Å². The molecule has 5 atom stereocenters. The van der Waals surface area contributed by atoms with Gasteiger partial charge in [-0.25, -0.2) is 0 Å². The van der Waals surface area contributed by atoms with Crippen LogP contribution in [0.5, 0.6) is 5.75 Å². The Bertz CT molecular complexity index is 766. The Labute approximate surface area is 140 Å². The quantitative estimate of drug-likeness (QED) is 0.668. The second-order valence-electron chi connectivity index (χ2n) is 7.93. The minimum absolute atomic E-state index is 0.0581. The fourth-order valence-corrected chi connectivity index (χ4v) is 6.00. The van der Waals surface area contributed by atoms with Crippen molar-refractivity contribution < 1.29 is 14.6 Å². The molecule has 6 heteroatoms. The van der Waals surface area contributed by atoms with Crippen molar-refractivity contribution in [3.8, 4) is 5.75 Å². The van der Waals surface area contributed by atoms with Gasteiger partial charge in [0.1, 0.15) is 11.9 Å². The van der Waals surface area contributed by atoms with Gasteiger partial charge in [0, 0.05) is 17.6 Å². The largest absolute Gasteiger partial charge is 0.487 e. The van der Waals surface area contributed by atoms with Crippen molar-refractivity contribution in [3.63, 3.8) is 0 Å². The lowest BCUT2D eigenvalue weighted by molar-refractivity contribution is -0.184. The molecule has 1 unspecified atom stereocenters. The summed E-state index contributed by atoms with van der Waals surface area (Å²) in [6, 6.07) is 3.66. The molecule has 4 aliphatic rings. The van der Waals surface area contributed by atoms with Gasteiger partial charge in [0.15, 0.2) is 0 Å². The first-order valence-electron chi connectivity index (χ1n) is 8.71. The molecule has 1 aromatic rings. The van der Waals surface area contributed by atoms with Crippen LogP contribution in [-0.2, 0) is 11.8 Å². The molecule has 24 heavy (non-hydrogen) atoms. The van der Waals surface area contributed by atoms with Crippen molar-refractivity contribution in [1.29, 1.82) is 0 Å². The van der Waals surface area contributed by atoms with Crippen molar-refractivity contribution >= 4 is 5.91 Å². The van der Waals surface area contributed by atoms with Gasteiger partial charge in [-0.15, -0.1) is 0 Å². The molecule has 6 nitrogen and oxygen atoms in total. The van der Waals surface area contributed by atoms with Crippen LogP contribution in [0, 0.1) is 0 Å². The third kappa shape index (κ3) is 1.38. The molecule has 1 amide bonds. The molecule has 5 rings (SSSR count). The average Bonchev–Trinajstić information content (AvgIpc) is 2.89. The minimum Gasteiger partial charge on any atom is -0.487 e. The number of amides is 1. The molecule has 1 spiro atoms. The lowest BCUT2D eigenvalue weighted by Crippen LogP contribution is -2.77. The number of benzene rings is 1. The Morgan fingerprint density at radius 1 is 1.42 bits per heavy atom. The molecule has 1 saturated heterocycles. The highest BCUT2D eigenvalue weighted by Gasteiger charge is 2.72. The normalized spacial score (nSPS) is 42.4. The van der Waals surface area contributed by atoms with Crippen LogP contribution in [0.25, 0.3) is 0 Å². The van der Waals surface area contributed by atoms with E-state index in [1.165, 1.54) is 0 Å². The topological polar surface area (TPSA) is 102 Å². The maximum Gasteiger partial charge on any atom is 0.252 e. The summed E-state index contributed by atoms with van der Waals surface area (Å²) in [4.78, 5) is 14.2. The van der Waals surface area contributed by atoms with Gasteiger partial charge in [-0.1, -0.05) is 6.07 Å². The number of hydrogen-bond acceptors (Lipinski definition) is 5. The number of nitrogens with two attached hydrogens (primary N) is 2. The first kappa shape index (κ1) is 14.7. The molecule has 5 N–H and O–H groups in total. The molecule has 0 aromatic heterocycles. The van der Waals surface area contributed by atoms with Gasteiger partial charge in [0.05, 0.1) is 16.6 Å². The molecule has 2 aliphatic carbocycles. The monoisotopic (exact) mass is 329 g/mol. The van der Waals surface area contributed by atoms with Gasteiger partial charge in [-0.3, -0.25) is 4.79 Å². The summed E-state index contributed by atoms with van der Waals surface area (Å²) in [6.07, 6.45) is 2.66. The third-order valence-electron chi connectivity index (χ3n) is 7.06. The van der Waals surface area contributed by atoms with Crippen molar-refractivity contribution in [3.05, 3.63) is 28.8 Å². The Morgan fingerprint density at radius 2 is 2.21 bits per heavy atom. The van der Waals surface area contributed by atoms with Gasteiger partial charge in [-0.05, 0) is 50.9 Å². The number of aliphatic hydroxyl groups is 1. The maximum absolute atomic E-state index is 11.9. The van der Waals surface area contributed by atoms with Crippen LogP contribution >= 0.6 is 0 Å². The SMILES string of the molecule is CN1CC[C@]23c4c5ccc(C(N)=O)c4OC2[C@H](N)CC[C@@]3(O)[C@H]1C5. The Hall–Kier alpha value is -1.63. The summed E-state index contributed by atoms with van der Waals surface area (Å²) < 4.78 is 6.28. The van der Waals surface area contributed by atoms with Crippen LogP contribution in [0.2, 0.25) is 0 Å². The number of hydrogen-bond donors (Lipinski definition) is 3. The van der Waals surface area contributed by atoms with Crippen LogP contribution in [0.15, 0.2) is 12.1 Å². The zero-order chi connectivity index (χ0) is 16.9. The molecule has 2 bridgehead atoms. The molecular weight excluding hydrogens is 306 g/mol. The molecule has 2 aliphatic heterocycles. The molecule has 0 radical (unpaired) electrons. The zero-order valence-corrected chi connectivity index (χ0v) is 13.8. The maximum atomic E-state index is 11.9. The average molecular weight is 329 g/mol. The smallest absolute Gasteiger partial charge is 0.252 e. The van der Waals surface area contributed by atoms with Crippen LogP contribution in [0.1, 0.15) is 40.7 Å². The Kier molecular flexibility index (Phi) is 2.64. The zero-order valence-electron chi connectivity index (χ0n) is 13.8. The van der Waals surface area contributed by atoms with E-state index in [9.17, 15) is 9.90 Å². The first-order valence-corrected chi connectivity index (χ1v) is 8.71. The highest BCUT2D eigenvalue weighted by Crippen LogP contribution is 2.64. The van der Waals surface area contributed by atoms with E-state index in [1.54, 1.807) is 6.07 Å². The number of piperidine rings is 1. The fraction of sp³-hybridized carbons (Fsp3) is 0.611. The summed E-state index contributed by atoms with van der Waals surface area (Å²) in [5.74, 6) is 0.0822. The number of likely N-dealkylation sites (tertiary alicyclic amines) is 1. The van der Waals surface area contributed by atoms with E-state index >= 15 is 0 Å². The number of carbonyl (C=O) groups excluding carboxylic acids is 1. The van der Waals surface area contributed by atoms with E-state index in [0.29, 0.717) is 17.7 Å². The van der Waals surface area contributed by atoms with Gasteiger partial charge in [0.25, 0.3) is 5.91 Å². The number of nitrogens with zero attached hydrogens (tertiary/aromatic N) is 1. The molecule has 128 valence electrons. The lowest BCUT2D eigenvalue weighted by atomic mass is 9.48. The fourth-order valence-electron chi connectivity index (χ4n) is 6.00. The number of carbonyl (C=O) groups is 1. The highest BCUT2D eigenvalue weighted by atomic mass is 16.5. The number of ether oxygens (including phenoxy) is 1. The van der Waals surface area contributed by atoms with Crippen molar-refractivity contribution in [2.24, 2.45) is 11.5 Å². The van der Waals surface area contributed by atoms with Gasteiger partial charge in [-0.2, -0.15) is 0 Å². The van der Waals surface area contributed by atoms with Crippen molar-refractivity contribution in [2.75, 3.05) is 13.6 Å². The number of rotatable bonds is 1. The van der Waals surface area contributed by atoms with Gasteiger partial charge in [0.2, 0.25) is 0 Å². The highest BCUT2D eigenvalue weighted by molar-refractivity contribution is 5.97. The lowest BCUT2D eigenvalue weighted by Gasteiger charge is -2.63. The summed E-state index contributed by atoms with van der Waals surface area (Å²) >= 11 is 0. The van der Waals surface area contributed by atoms with E-state index in [0.717, 1.165) is 36.9 Å². The standard InChI is InChI=1S/C18H23N3O3/c1-21-7-6-17-13-9-2-3-10(16(20)22)14(13)24-15(17)11(19)4-5-18(17,23)12(21)8-9/h2-3,11-12,15,23H,4-8,19H2,1H3,(H2,20,22)/t11-,12-,15?,17+,18-/m1/s1. The van der Waals surface area contributed by atoms with Crippen molar-refractivity contribution in [1.82, 2.24) is 4.90 Å². The third-order valence-corrected chi connectivity index (χ3v) is 7.06. The molecule has 2 heterocycles. The Morgan fingerprint density at radius 3 is 2.96 bits per heavy atom. The summed E-state index contributed by atoms with van der Waals surface area (Å²) in [5, 5.41) is 11.8. The van der Waals surface area contributed by atoms with Crippen LogP contribution in [0.4, 0.5) is 0 Å². The van der Waals surface area contributed by atoms with E-state index < -0.39 is 16.9 Å². The molecule has 2 fully saturated rings. The van der Waals surface area contributed by atoms with Crippen LogP contribution in [-0.4, -0.2) is 53.3 Å². The van der Waals surface area contributed by atoms with E-state index in [1.807, 2.05) is 6.07 Å². The summed E-state index contributed by atoms with van der Waals surface area (Å²) in [6.45, 7) is 0.888. The minimum atomic E-state index is -0.866. The Balaban J connectivity index is 1.85. The predicted octanol–water partition coefficient (Wildman–Crippen LogP) is -0.103. The molecule has 1 aromatic carbocycles. The number of likely N-dealkylation sites (N-methyl/N-ethyl adjacent to an activating group) is 1. The van der Waals surface area contributed by atoms with E-state index in [2.05, 4.69) is 11.9 Å². The predicted molar refractivity (Wildman–Crippen MR) is 88.0 cm³/mol. The summed E-state index contributed by atoms with van der Waals surface area (Å²) in [5.41, 5.74) is 13.2. The van der Waals surface area contributed by atoms with E-state index in [-0.39, 0.29) is 18.2 Å². The van der Waals surface area contributed by atoms with Crippen LogP contribution < -0.4 is 16.2 Å². The molecular formula is C18H23N3O3. The van der Waals surface area contributed by atoms with E-state index in [4.69, 9.17) is 16.2 Å². The van der Waals surface area contributed by atoms with Gasteiger partial charge >= 0.3 is 0 Å². The summed E-state index contributed by atoms with van der Waals surface area (Å²) in [7, 11) is 2.08. The van der Waals surface area contributed by atoms with Crippen molar-refractivity contribution in [2.45, 2.75) is 54.9 Å².